The van der Waals surface area contributed by atoms with Crippen molar-refractivity contribution in [2.24, 2.45) is 0 Å². The molecule has 0 aliphatic heterocycles. The van der Waals surface area contributed by atoms with Crippen molar-refractivity contribution in [1.29, 1.82) is 5.26 Å². The molecule has 2 rings (SSSR count). The summed E-state index contributed by atoms with van der Waals surface area (Å²) in [6.45, 7) is 1.21. The lowest BCUT2D eigenvalue weighted by molar-refractivity contribution is -0.126. The fourth-order valence-corrected chi connectivity index (χ4v) is 1.81. The van der Waals surface area contributed by atoms with E-state index in [0.717, 1.165) is 16.5 Å². The number of nitriles is 1. The van der Waals surface area contributed by atoms with Crippen molar-refractivity contribution in [3.63, 3.8) is 0 Å². The van der Waals surface area contributed by atoms with E-state index in [1.54, 1.807) is 6.07 Å². The summed E-state index contributed by atoms with van der Waals surface area (Å²) < 4.78 is 0. The molecule has 5 nitrogen and oxygen atoms in total. The average molecular weight is 279 g/mol. The first kappa shape index (κ1) is 14.3. The number of rotatable bonds is 3. The lowest BCUT2D eigenvalue weighted by atomic mass is 10.1. The van der Waals surface area contributed by atoms with Gasteiger partial charge >= 0.3 is 0 Å². The maximum absolute atomic E-state index is 11.6. The fourth-order valence-electron chi connectivity index (χ4n) is 1.81. The van der Waals surface area contributed by atoms with Gasteiger partial charge in [0.2, 0.25) is 5.91 Å². The highest BCUT2D eigenvalue weighted by Gasteiger charge is 2.09. The molecule has 2 N–H and O–H groups in total. The molecule has 0 radical (unpaired) electrons. The van der Waals surface area contributed by atoms with E-state index < -0.39 is 11.8 Å². The van der Waals surface area contributed by atoms with Gasteiger partial charge in [-0.1, -0.05) is 30.3 Å². The summed E-state index contributed by atoms with van der Waals surface area (Å²) in [7, 11) is 0. The molecule has 0 fully saturated rings. The molecule has 0 heterocycles. The Morgan fingerprint density at radius 2 is 1.86 bits per heavy atom. The number of amides is 2. The van der Waals surface area contributed by atoms with Crippen molar-refractivity contribution < 1.29 is 9.59 Å². The summed E-state index contributed by atoms with van der Waals surface area (Å²) in [5, 5.41) is 16.0. The maximum atomic E-state index is 11.6. The van der Waals surface area contributed by atoms with Gasteiger partial charge in [0.05, 0.1) is 0 Å². The number of nitrogens with one attached hydrogen (secondary N) is 2. The second-order valence-corrected chi connectivity index (χ2v) is 4.39. The molecular weight excluding hydrogens is 266 g/mol. The molecule has 0 bridgehead atoms. The van der Waals surface area contributed by atoms with Crippen molar-refractivity contribution in [3.8, 4) is 6.07 Å². The molecular formula is C16H13N3O2. The molecule has 2 amide bonds. The molecule has 0 saturated heterocycles. The van der Waals surface area contributed by atoms with Crippen LogP contribution in [0.2, 0.25) is 0 Å². The molecule has 0 spiro atoms. The Morgan fingerprint density at radius 3 is 2.52 bits per heavy atom. The van der Waals surface area contributed by atoms with Crippen LogP contribution in [0.4, 0.5) is 5.69 Å². The number of hydrogen-bond acceptors (Lipinski definition) is 4. The summed E-state index contributed by atoms with van der Waals surface area (Å²) in [5.41, 5.74) is 0.579. The summed E-state index contributed by atoms with van der Waals surface area (Å²) in [6, 6.07) is 15.3. The number of hydrogen-bond donors (Lipinski definition) is 2. The second kappa shape index (κ2) is 6.35. The minimum absolute atomic E-state index is 0.168. The van der Waals surface area contributed by atoms with Crippen molar-refractivity contribution in [1.82, 2.24) is 5.32 Å². The normalized spacial score (nSPS) is 10.8. The highest BCUT2D eigenvalue weighted by Crippen LogP contribution is 2.18. The topological polar surface area (TPSA) is 82.0 Å². The zero-order valence-electron chi connectivity index (χ0n) is 11.4. The van der Waals surface area contributed by atoms with Crippen LogP contribution in [-0.4, -0.2) is 11.8 Å². The van der Waals surface area contributed by atoms with Crippen LogP contribution in [0, 0.1) is 11.3 Å². The van der Waals surface area contributed by atoms with Gasteiger partial charge in [-0.05, 0) is 22.9 Å². The highest BCUT2D eigenvalue weighted by molar-refractivity contribution is 6.06. The van der Waals surface area contributed by atoms with Gasteiger partial charge in [0.25, 0.3) is 5.91 Å². The van der Waals surface area contributed by atoms with Gasteiger partial charge in [0.15, 0.2) is 0 Å². The maximum Gasteiger partial charge on any atom is 0.269 e. The van der Waals surface area contributed by atoms with E-state index in [-0.39, 0.29) is 5.57 Å². The van der Waals surface area contributed by atoms with Gasteiger partial charge in [0.1, 0.15) is 11.6 Å². The molecule has 2 aromatic carbocycles. The number of carbonyl (C=O) groups is 2. The monoisotopic (exact) mass is 279 g/mol. The Balaban J connectivity index is 2.18. The van der Waals surface area contributed by atoms with Gasteiger partial charge in [-0.2, -0.15) is 5.26 Å². The van der Waals surface area contributed by atoms with Crippen molar-refractivity contribution in [3.05, 3.63) is 54.2 Å². The molecule has 0 aromatic heterocycles. The molecule has 21 heavy (non-hydrogen) atoms. The number of carbonyl (C=O) groups excluding carboxylic acids is 2. The van der Waals surface area contributed by atoms with Crippen molar-refractivity contribution >= 4 is 28.3 Å². The molecule has 0 unspecified atom stereocenters. The quantitative estimate of drug-likeness (QED) is 0.667. The number of anilines is 1. The van der Waals surface area contributed by atoms with E-state index >= 15 is 0 Å². The summed E-state index contributed by atoms with van der Waals surface area (Å²) in [5.74, 6) is -1.23. The van der Waals surface area contributed by atoms with Gasteiger partial charge in [0, 0.05) is 18.8 Å². The average Bonchev–Trinajstić information content (AvgIpc) is 2.47. The van der Waals surface area contributed by atoms with E-state index in [1.165, 1.54) is 13.1 Å². The Bertz CT molecular complexity index is 772. The third-order valence-corrected chi connectivity index (χ3v) is 2.79. The zero-order chi connectivity index (χ0) is 15.2. The predicted molar refractivity (Wildman–Crippen MR) is 80.1 cm³/mol. The Hall–Kier alpha value is -3.13. The third kappa shape index (κ3) is 3.67. The summed E-state index contributed by atoms with van der Waals surface area (Å²) in [6.07, 6.45) is 1.28. The molecule has 104 valence electrons. The largest absolute Gasteiger partial charge is 0.360 e. The molecule has 0 atom stereocenters. The van der Waals surface area contributed by atoms with Crippen molar-refractivity contribution in [2.75, 3.05) is 5.32 Å². The number of imide groups is 1. The smallest absolute Gasteiger partial charge is 0.269 e. The molecule has 2 aromatic rings. The summed E-state index contributed by atoms with van der Waals surface area (Å²) >= 11 is 0. The van der Waals surface area contributed by atoms with E-state index in [1.807, 2.05) is 42.5 Å². The van der Waals surface area contributed by atoms with Gasteiger partial charge < -0.3 is 5.32 Å². The number of fused-ring (bicyclic) bond motifs is 1. The first-order chi connectivity index (χ1) is 10.1. The summed E-state index contributed by atoms with van der Waals surface area (Å²) in [4.78, 5) is 22.4. The van der Waals surface area contributed by atoms with E-state index in [9.17, 15) is 9.59 Å². The molecule has 0 aliphatic carbocycles. The second-order valence-electron chi connectivity index (χ2n) is 4.39. The first-order valence-corrected chi connectivity index (χ1v) is 6.27. The molecule has 5 heteroatoms. The van der Waals surface area contributed by atoms with Crippen LogP contribution in [-0.2, 0) is 9.59 Å². The van der Waals surface area contributed by atoms with Crippen LogP contribution in [0.5, 0.6) is 0 Å². The number of benzene rings is 2. The van der Waals surface area contributed by atoms with Crippen LogP contribution in [0.25, 0.3) is 10.8 Å². The Morgan fingerprint density at radius 1 is 1.14 bits per heavy atom. The number of nitrogens with zero attached hydrogens (tertiary/aromatic N) is 1. The van der Waals surface area contributed by atoms with Gasteiger partial charge in [-0.3, -0.25) is 14.9 Å². The van der Waals surface area contributed by atoms with Gasteiger partial charge in [-0.15, -0.1) is 0 Å². The van der Waals surface area contributed by atoms with Crippen LogP contribution in [0.15, 0.2) is 54.2 Å². The van der Waals surface area contributed by atoms with E-state index in [2.05, 4.69) is 10.6 Å². The molecule has 0 aliphatic rings. The van der Waals surface area contributed by atoms with Crippen LogP contribution >= 0.6 is 0 Å². The lowest BCUT2D eigenvalue weighted by Gasteiger charge is -2.04. The Kier molecular flexibility index (Phi) is 4.32. The first-order valence-electron chi connectivity index (χ1n) is 6.27. The SMILES string of the molecule is CC(=O)NC(=O)/C(C#N)=C/Nc1ccc2ccccc2c1. The van der Waals surface area contributed by atoms with Gasteiger partial charge in [-0.25, -0.2) is 0 Å². The minimum Gasteiger partial charge on any atom is -0.360 e. The minimum atomic E-state index is -0.724. The highest BCUT2D eigenvalue weighted by atomic mass is 16.2. The van der Waals surface area contributed by atoms with Crippen molar-refractivity contribution in [2.45, 2.75) is 6.92 Å². The van der Waals surface area contributed by atoms with E-state index in [0.29, 0.717) is 0 Å². The fraction of sp³-hybridized carbons (Fsp3) is 0.0625. The molecule has 0 saturated carbocycles. The van der Waals surface area contributed by atoms with Crippen LogP contribution in [0.3, 0.4) is 0 Å². The van der Waals surface area contributed by atoms with Crippen LogP contribution in [0.1, 0.15) is 6.92 Å². The predicted octanol–water partition coefficient (Wildman–Crippen LogP) is 2.32. The Labute approximate surface area is 121 Å². The third-order valence-electron chi connectivity index (χ3n) is 2.79. The van der Waals surface area contributed by atoms with E-state index in [4.69, 9.17) is 5.26 Å². The standard InChI is InChI=1S/C16H13N3O2/c1-11(20)19-16(21)14(9-17)10-18-15-7-6-12-4-2-3-5-13(12)8-15/h2-8,10,18H,1H3,(H,19,20,21)/b14-10+. The zero-order valence-corrected chi connectivity index (χ0v) is 11.4. The van der Waals surface area contributed by atoms with Crippen LogP contribution < -0.4 is 10.6 Å². The lowest BCUT2D eigenvalue weighted by Crippen LogP contribution is -2.29.